The van der Waals surface area contributed by atoms with Gasteiger partial charge in [0.15, 0.2) is 0 Å². The third kappa shape index (κ3) is 3.22. The molecule has 1 aromatic carbocycles. The summed E-state index contributed by atoms with van der Waals surface area (Å²) in [5, 5.41) is 1.07. The third-order valence-electron chi connectivity index (χ3n) is 3.04. The van der Waals surface area contributed by atoms with Crippen molar-refractivity contribution in [3.63, 3.8) is 0 Å². The van der Waals surface area contributed by atoms with Crippen LogP contribution in [0.5, 0.6) is 0 Å². The minimum Gasteiger partial charge on any atom is -0.337 e. The number of rotatable bonds is 2. The number of hydrogen-bond donors (Lipinski definition) is 0. The first-order valence-electron chi connectivity index (χ1n) is 5.97. The molecule has 2 nitrogen and oxygen atoms in total. The standard InChI is InChI=1S/C13H15BrClNOS/c1-2-10-8-16(5-6-18-10)13(17)11-7-9(14)3-4-12(11)15/h3-4,7,10H,2,5-6,8H2,1H3. The van der Waals surface area contributed by atoms with Gasteiger partial charge in [0.1, 0.15) is 0 Å². The predicted octanol–water partition coefficient (Wildman–Crippen LogP) is 4.07. The second kappa shape index (κ2) is 6.31. The van der Waals surface area contributed by atoms with Gasteiger partial charge in [-0.15, -0.1) is 0 Å². The summed E-state index contributed by atoms with van der Waals surface area (Å²) in [5.74, 6) is 1.05. The Bertz CT molecular complexity index is 455. The summed E-state index contributed by atoms with van der Waals surface area (Å²) in [4.78, 5) is 14.4. The summed E-state index contributed by atoms with van der Waals surface area (Å²) >= 11 is 11.4. The topological polar surface area (TPSA) is 20.3 Å². The lowest BCUT2D eigenvalue weighted by molar-refractivity contribution is 0.0761. The SMILES string of the molecule is CCC1CN(C(=O)c2cc(Br)ccc2Cl)CCS1. The number of benzene rings is 1. The quantitative estimate of drug-likeness (QED) is 0.803. The molecule has 1 fully saturated rings. The molecule has 5 heteroatoms. The van der Waals surface area contributed by atoms with Crippen molar-refractivity contribution in [2.45, 2.75) is 18.6 Å². The van der Waals surface area contributed by atoms with Gasteiger partial charge < -0.3 is 4.90 Å². The first-order valence-corrected chi connectivity index (χ1v) is 8.19. The van der Waals surface area contributed by atoms with E-state index < -0.39 is 0 Å². The van der Waals surface area contributed by atoms with E-state index in [9.17, 15) is 4.79 Å². The largest absolute Gasteiger partial charge is 0.337 e. The summed E-state index contributed by atoms with van der Waals surface area (Å²) in [6.07, 6.45) is 1.10. The number of carbonyl (C=O) groups is 1. The van der Waals surface area contributed by atoms with Gasteiger partial charge >= 0.3 is 0 Å². The lowest BCUT2D eigenvalue weighted by atomic mass is 10.2. The van der Waals surface area contributed by atoms with E-state index in [2.05, 4.69) is 22.9 Å². The fourth-order valence-electron chi connectivity index (χ4n) is 1.98. The van der Waals surface area contributed by atoms with Gasteiger partial charge in [0.05, 0.1) is 10.6 Å². The minimum atomic E-state index is 0.0417. The molecule has 1 aliphatic heterocycles. The van der Waals surface area contributed by atoms with E-state index in [1.807, 2.05) is 22.7 Å². The van der Waals surface area contributed by atoms with Crippen molar-refractivity contribution in [3.05, 3.63) is 33.3 Å². The molecule has 1 atom stereocenters. The van der Waals surface area contributed by atoms with Crippen LogP contribution in [0.2, 0.25) is 5.02 Å². The van der Waals surface area contributed by atoms with Gasteiger partial charge in [0, 0.05) is 28.6 Å². The summed E-state index contributed by atoms with van der Waals surface area (Å²) in [7, 11) is 0. The first kappa shape index (κ1) is 14.2. The average molecular weight is 349 g/mol. The second-order valence-electron chi connectivity index (χ2n) is 4.28. The van der Waals surface area contributed by atoms with Crippen molar-refractivity contribution in [2.75, 3.05) is 18.8 Å². The molecule has 98 valence electrons. The van der Waals surface area contributed by atoms with Crippen LogP contribution >= 0.6 is 39.3 Å². The van der Waals surface area contributed by atoms with E-state index >= 15 is 0 Å². The van der Waals surface area contributed by atoms with E-state index in [1.165, 1.54) is 0 Å². The fraction of sp³-hybridized carbons (Fsp3) is 0.462. The Kier molecular flexibility index (Phi) is 4.98. The van der Waals surface area contributed by atoms with Crippen molar-refractivity contribution in [2.24, 2.45) is 0 Å². The van der Waals surface area contributed by atoms with Crippen LogP contribution in [-0.4, -0.2) is 34.9 Å². The average Bonchev–Trinajstić information content (AvgIpc) is 2.41. The second-order valence-corrected chi connectivity index (χ2v) is 7.01. The number of hydrogen-bond acceptors (Lipinski definition) is 2. The Hall–Kier alpha value is -0.190. The van der Waals surface area contributed by atoms with Gasteiger partial charge in [-0.2, -0.15) is 11.8 Å². The Labute approximate surface area is 125 Å². The molecule has 1 unspecified atom stereocenters. The highest BCUT2D eigenvalue weighted by atomic mass is 79.9. The molecule has 0 spiro atoms. The molecule has 2 rings (SSSR count). The molecule has 0 saturated carbocycles. The van der Waals surface area contributed by atoms with Crippen LogP contribution in [0.1, 0.15) is 23.7 Å². The van der Waals surface area contributed by atoms with Crippen molar-refractivity contribution in [1.29, 1.82) is 0 Å². The highest BCUT2D eigenvalue weighted by Gasteiger charge is 2.25. The monoisotopic (exact) mass is 347 g/mol. The van der Waals surface area contributed by atoms with Crippen molar-refractivity contribution in [1.82, 2.24) is 4.90 Å². The molecule has 1 aliphatic rings. The molecule has 1 saturated heterocycles. The lowest BCUT2D eigenvalue weighted by Gasteiger charge is -2.32. The molecule has 0 radical (unpaired) electrons. The third-order valence-corrected chi connectivity index (χ3v) is 5.24. The molecule has 0 N–H and O–H groups in total. The van der Waals surface area contributed by atoms with Crippen LogP contribution in [0.4, 0.5) is 0 Å². The summed E-state index contributed by atoms with van der Waals surface area (Å²) in [6.45, 7) is 3.80. The number of thioether (sulfide) groups is 1. The number of amides is 1. The van der Waals surface area contributed by atoms with Crippen LogP contribution in [0.25, 0.3) is 0 Å². The van der Waals surface area contributed by atoms with Crippen LogP contribution in [0.15, 0.2) is 22.7 Å². The lowest BCUT2D eigenvalue weighted by Crippen LogP contribution is -2.41. The van der Waals surface area contributed by atoms with E-state index in [1.54, 1.807) is 12.1 Å². The number of nitrogens with zero attached hydrogens (tertiary/aromatic N) is 1. The van der Waals surface area contributed by atoms with Crippen molar-refractivity contribution >= 4 is 45.2 Å². The van der Waals surface area contributed by atoms with Gasteiger partial charge in [0.2, 0.25) is 0 Å². The summed E-state index contributed by atoms with van der Waals surface area (Å²) < 4.78 is 0.883. The maximum absolute atomic E-state index is 12.4. The van der Waals surface area contributed by atoms with Crippen molar-refractivity contribution in [3.8, 4) is 0 Å². The summed E-state index contributed by atoms with van der Waals surface area (Å²) in [5.41, 5.74) is 0.591. The number of carbonyl (C=O) groups excluding carboxylic acids is 1. The van der Waals surface area contributed by atoms with Gasteiger partial charge in [-0.1, -0.05) is 34.5 Å². The molecule has 0 aromatic heterocycles. The van der Waals surface area contributed by atoms with Gasteiger partial charge in [0.25, 0.3) is 5.91 Å². The maximum atomic E-state index is 12.4. The van der Waals surface area contributed by atoms with Gasteiger partial charge in [-0.3, -0.25) is 4.79 Å². The van der Waals surface area contributed by atoms with Crippen LogP contribution < -0.4 is 0 Å². The zero-order valence-electron chi connectivity index (χ0n) is 10.2. The Morgan fingerprint density at radius 3 is 3.11 bits per heavy atom. The van der Waals surface area contributed by atoms with Gasteiger partial charge in [-0.25, -0.2) is 0 Å². The van der Waals surface area contributed by atoms with E-state index in [0.29, 0.717) is 15.8 Å². The van der Waals surface area contributed by atoms with Crippen LogP contribution in [-0.2, 0) is 0 Å². The van der Waals surface area contributed by atoms with E-state index in [4.69, 9.17) is 11.6 Å². The van der Waals surface area contributed by atoms with E-state index in [-0.39, 0.29) is 5.91 Å². The molecule has 18 heavy (non-hydrogen) atoms. The first-order chi connectivity index (χ1) is 8.61. The highest BCUT2D eigenvalue weighted by molar-refractivity contribution is 9.10. The van der Waals surface area contributed by atoms with E-state index in [0.717, 1.165) is 29.7 Å². The molecule has 1 heterocycles. The normalized spacial score (nSPS) is 19.9. The van der Waals surface area contributed by atoms with Gasteiger partial charge in [-0.05, 0) is 24.6 Å². The minimum absolute atomic E-state index is 0.0417. The highest BCUT2D eigenvalue weighted by Crippen LogP contribution is 2.26. The molecule has 0 aliphatic carbocycles. The zero-order chi connectivity index (χ0) is 13.1. The molecule has 1 aromatic rings. The Morgan fingerprint density at radius 1 is 1.61 bits per heavy atom. The molecular weight excluding hydrogens is 334 g/mol. The van der Waals surface area contributed by atoms with Crippen molar-refractivity contribution < 1.29 is 4.79 Å². The molecular formula is C13H15BrClNOS. The van der Waals surface area contributed by atoms with Crippen LogP contribution in [0.3, 0.4) is 0 Å². The molecule has 0 bridgehead atoms. The molecule has 1 amide bonds. The summed E-state index contributed by atoms with van der Waals surface area (Å²) in [6, 6.07) is 5.41. The Morgan fingerprint density at radius 2 is 2.39 bits per heavy atom. The smallest absolute Gasteiger partial charge is 0.255 e. The Balaban J connectivity index is 2.17. The zero-order valence-corrected chi connectivity index (χ0v) is 13.3. The fourth-order valence-corrected chi connectivity index (χ4v) is 3.72. The maximum Gasteiger partial charge on any atom is 0.255 e. The predicted molar refractivity (Wildman–Crippen MR) is 81.6 cm³/mol. The number of halogens is 2. The van der Waals surface area contributed by atoms with Crippen LogP contribution in [0, 0.1) is 0 Å².